The van der Waals surface area contributed by atoms with Gasteiger partial charge >= 0.3 is 0 Å². The third-order valence-electron chi connectivity index (χ3n) is 5.52. The van der Waals surface area contributed by atoms with E-state index >= 15 is 0 Å². The maximum absolute atomic E-state index is 12.4. The predicted molar refractivity (Wildman–Crippen MR) is 97.8 cm³/mol. The average molecular weight is 343 g/mol. The van der Waals surface area contributed by atoms with Crippen LogP contribution in [0.3, 0.4) is 0 Å². The largest absolute Gasteiger partial charge is 0.347 e. The topological polar surface area (TPSA) is 52.7 Å². The van der Waals surface area contributed by atoms with Gasteiger partial charge in [0, 0.05) is 38.1 Å². The first-order valence-corrected chi connectivity index (χ1v) is 9.36. The van der Waals surface area contributed by atoms with E-state index in [1.807, 2.05) is 18.0 Å². The summed E-state index contributed by atoms with van der Waals surface area (Å²) in [6, 6.07) is 11.2. The maximum atomic E-state index is 12.4. The minimum absolute atomic E-state index is 0.0164. The SMILES string of the molecule is CC1CC(N(C)C(=O)CNC(=O)C2CC2)CCN1Cc1ccccc1. The first-order valence-electron chi connectivity index (χ1n) is 9.36. The Labute approximate surface area is 150 Å². The number of likely N-dealkylation sites (tertiary alicyclic amines) is 1. The maximum Gasteiger partial charge on any atom is 0.241 e. The fourth-order valence-corrected chi connectivity index (χ4v) is 3.58. The van der Waals surface area contributed by atoms with Gasteiger partial charge in [0.1, 0.15) is 0 Å². The third-order valence-corrected chi connectivity index (χ3v) is 5.52. The number of likely N-dealkylation sites (N-methyl/N-ethyl adjacent to an activating group) is 1. The summed E-state index contributed by atoms with van der Waals surface area (Å²) >= 11 is 0. The third kappa shape index (κ3) is 4.82. The van der Waals surface area contributed by atoms with E-state index in [2.05, 4.69) is 41.4 Å². The lowest BCUT2D eigenvalue weighted by Crippen LogP contribution is -2.51. The van der Waals surface area contributed by atoms with Crippen molar-refractivity contribution >= 4 is 11.8 Å². The van der Waals surface area contributed by atoms with Crippen LogP contribution in [-0.4, -0.2) is 53.8 Å². The molecule has 0 radical (unpaired) electrons. The number of hydrogen-bond acceptors (Lipinski definition) is 3. The molecule has 2 unspecified atom stereocenters. The Morgan fingerprint density at radius 1 is 1.20 bits per heavy atom. The van der Waals surface area contributed by atoms with Crippen LogP contribution < -0.4 is 5.32 Å². The second-order valence-electron chi connectivity index (χ2n) is 7.48. The molecule has 1 aliphatic carbocycles. The Hall–Kier alpha value is -1.88. The molecule has 5 heteroatoms. The number of benzene rings is 1. The molecule has 1 aliphatic heterocycles. The van der Waals surface area contributed by atoms with Crippen molar-refractivity contribution in [1.29, 1.82) is 0 Å². The Bertz CT molecular complexity index is 600. The highest BCUT2D eigenvalue weighted by molar-refractivity contribution is 5.86. The van der Waals surface area contributed by atoms with Gasteiger partial charge in [-0.05, 0) is 38.2 Å². The normalized spacial score (nSPS) is 23.9. The van der Waals surface area contributed by atoms with Crippen LogP contribution in [0.1, 0.15) is 38.2 Å². The molecule has 0 spiro atoms. The number of rotatable bonds is 6. The van der Waals surface area contributed by atoms with Crippen LogP contribution in [0, 0.1) is 5.92 Å². The lowest BCUT2D eigenvalue weighted by Gasteiger charge is -2.41. The van der Waals surface area contributed by atoms with Gasteiger partial charge in [-0.2, -0.15) is 0 Å². The average Bonchev–Trinajstić information content (AvgIpc) is 3.46. The van der Waals surface area contributed by atoms with Crippen molar-refractivity contribution in [2.75, 3.05) is 20.1 Å². The molecule has 2 fully saturated rings. The summed E-state index contributed by atoms with van der Waals surface area (Å²) in [5.74, 6) is 0.204. The highest BCUT2D eigenvalue weighted by Gasteiger charge is 2.32. The van der Waals surface area contributed by atoms with Crippen LogP contribution >= 0.6 is 0 Å². The monoisotopic (exact) mass is 343 g/mol. The van der Waals surface area contributed by atoms with Crippen molar-refractivity contribution in [2.45, 2.75) is 51.2 Å². The fourth-order valence-electron chi connectivity index (χ4n) is 3.58. The number of carbonyl (C=O) groups excluding carboxylic acids is 2. The Kier molecular flexibility index (Phi) is 5.74. The quantitative estimate of drug-likeness (QED) is 0.860. The highest BCUT2D eigenvalue weighted by Crippen LogP contribution is 2.28. The summed E-state index contributed by atoms with van der Waals surface area (Å²) in [5.41, 5.74) is 1.33. The molecule has 1 saturated carbocycles. The van der Waals surface area contributed by atoms with E-state index in [1.165, 1.54) is 5.56 Å². The molecule has 1 aromatic carbocycles. The second-order valence-corrected chi connectivity index (χ2v) is 7.48. The number of hydrogen-bond donors (Lipinski definition) is 1. The van der Waals surface area contributed by atoms with Crippen molar-refractivity contribution in [3.63, 3.8) is 0 Å². The molecule has 1 saturated heterocycles. The van der Waals surface area contributed by atoms with Crippen molar-refractivity contribution in [3.05, 3.63) is 35.9 Å². The summed E-state index contributed by atoms with van der Waals surface area (Å²) in [4.78, 5) is 28.4. The Morgan fingerprint density at radius 2 is 1.92 bits per heavy atom. The van der Waals surface area contributed by atoms with E-state index in [0.717, 1.165) is 38.8 Å². The van der Waals surface area contributed by atoms with Crippen LogP contribution in [0.4, 0.5) is 0 Å². The zero-order valence-corrected chi connectivity index (χ0v) is 15.3. The molecule has 136 valence electrons. The molecular weight excluding hydrogens is 314 g/mol. The van der Waals surface area contributed by atoms with E-state index in [0.29, 0.717) is 6.04 Å². The van der Waals surface area contributed by atoms with Crippen molar-refractivity contribution in [2.24, 2.45) is 5.92 Å². The van der Waals surface area contributed by atoms with Gasteiger partial charge in [0.25, 0.3) is 0 Å². The van der Waals surface area contributed by atoms with E-state index in [9.17, 15) is 9.59 Å². The molecule has 1 N–H and O–H groups in total. The van der Waals surface area contributed by atoms with Gasteiger partial charge in [-0.15, -0.1) is 0 Å². The first-order chi connectivity index (χ1) is 12.0. The molecule has 1 aromatic rings. The zero-order chi connectivity index (χ0) is 17.8. The van der Waals surface area contributed by atoms with Gasteiger partial charge in [-0.25, -0.2) is 0 Å². The molecule has 2 amide bonds. The molecule has 0 bridgehead atoms. The van der Waals surface area contributed by atoms with Crippen molar-refractivity contribution in [1.82, 2.24) is 15.1 Å². The van der Waals surface area contributed by atoms with Gasteiger partial charge < -0.3 is 10.2 Å². The number of piperidine rings is 1. The minimum Gasteiger partial charge on any atom is -0.347 e. The smallest absolute Gasteiger partial charge is 0.241 e. The van der Waals surface area contributed by atoms with Gasteiger partial charge in [-0.3, -0.25) is 14.5 Å². The number of nitrogens with one attached hydrogen (secondary N) is 1. The standard InChI is InChI=1S/C20H29N3O2/c1-15-12-18(10-11-23(15)14-16-6-4-3-5-7-16)22(2)19(24)13-21-20(25)17-8-9-17/h3-7,15,17-18H,8-14H2,1-2H3,(H,21,25). The number of carbonyl (C=O) groups is 2. The Balaban J connectivity index is 1.46. The van der Waals surface area contributed by atoms with Crippen LogP contribution in [0.5, 0.6) is 0 Å². The van der Waals surface area contributed by atoms with E-state index < -0.39 is 0 Å². The molecule has 1 heterocycles. The molecule has 0 aromatic heterocycles. The van der Waals surface area contributed by atoms with Gasteiger partial charge in [0.15, 0.2) is 0 Å². The molecule has 2 aliphatic rings. The summed E-state index contributed by atoms with van der Waals surface area (Å²) < 4.78 is 0. The molecule has 25 heavy (non-hydrogen) atoms. The minimum atomic E-state index is 0.0164. The number of amides is 2. The van der Waals surface area contributed by atoms with E-state index in [-0.39, 0.29) is 30.3 Å². The summed E-state index contributed by atoms with van der Waals surface area (Å²) in [5, 5.41) is 2.78. The lowest BCUT2D eigenvalue weighted by atomic mass is 9.96. The second kappa shape index (κ2) is 8.00. The molecule has 3 rings (SSSR count). The molecular formula is C20H29N3O2. The van der Waals surface area contributed by atoms with E-state index in [4.69, 9.17) is 0 Å². The lowest BCUT2D eigenvalue weighted by molar-refractivity contribution is -0.134. The number of nitrogens with zero attached hydrogens (tertiary/aromatic N) is 2. The summed E-state index contributed by atoms with van der Waals surface area (Å²) in [6.07, 6.45) is 3.89. The summed E-state index contributed by atoms with van der Waals surface area (Å²) in [6.45, 7) is 4.32. The van der Waals surface area contributed by atoms with Gasteiger partial charge in [0.2, 0.25) is 11.8 Å². The Morgan fingerprint density at radius 3 is 2.56 bits per heavy atom. The first kappa shape index (κ1) is 17.9. The summed E-state index contributed by atoms with van der Waals surface area (Å²) in [7, 11) is 1.87. The van der Waals surface area contributed by atoms with Crippen molar-refractivity contribution in [3.8, 4) is 0 Å². The highest BCUT2D eigenvalue weighted by atomic mass is 16.2. The van der Waals surface area contributed by atoms with Crippen LogP contribution in [0.15, 0.2) is 30.3 Å². The van der Waals surface area contributed by atoms with Crippen LogP contribution in [0.25, 0.3) is 0 Å². The van der Waals surface area contributed by atoms with E-state index in [1.54, 1.807) is 0 Å². The predicted octanol–water partition coefficient (Wildman–Crippen LogP) is 2.02. The zero-order valence-electron chi connectivity index (χ0n) is 15.3. The van der Waals surface area contributed by atoms with Crippen LogP contribution in [-0.2, 0) is 16.1 Å². The molecule has 2 atom stereocenters. The molecule has 5 nitrogen and oxygen atoms in total. The van der Waals surface area contributed by atoms with Crippen LogP contribution in [0.2, 0.25) is 0 Å². The van der Waals surface area contributed by atoms with Gasteiger partial charge in [0.05, 0.1) is 6.54 Å². The fraction of sp³-hybridized carbons (Fsp3) is 0.600. The van der Waals surface area contributed by atoms with Gasteiger partial charge in [-0.1, -0.05) is 30.3 Å². The van der Waals surface area contributed by atoms with Crippen molar-refractivity contribution < 1.29 is 9.59 Å².